The van der Waals surface area contributed by atoms with Crippen LogP contribution in [0.5, 0.6) is 5.75 Å². The minimum Gasteiger partial charge on any atom is -0.495 e. The Morgan fingerprint density at radius 2 is 1.90 bits per heavy atom. The minimum atomic E-state index is -3.74. The molecule has 1 heterocycles. The van der Waals surface area contributed by atoms with Crippen molar-refractivity contribution in [2.45, 2.75) is 36.6 Å². The predicted molar refractivity (Wildman–Crippen MR) is 110 cm³/mol. The average molecular weight is 427 g/mol. The van der Waals surface area contributed by atoms with Gasteiger partial charge in [-0.3, -0.25) is 4.79 Å². The lowest BCUT2D eigenvalue weighted by Gasteiger charge is -2.35. The van der Waals surface area contributed by atoms with Crippen molar-refractivity contribution in [1.29, 1.82) is 0 Å². The molecule has 2 fully saturated rings. The third-order valence-electron chi connectivity index (χ3n) is 5.90. The monoisotopic (exact) mass is 426 g/mol. The van der Waals surface area contributed by atoms with E-state index >= 15 is 0 Å². The van der Waals surface area contributed by atoms with Crippen LogP contribution in [-0.2, 0) is 19.6 Å². The first kappa shape index (κ1) is 22.0. The summed E-state index contributed by atoms with van der Waals surface area (Å²) in [6.07, 6.45) is 4.72. The fourth-order valence-electron chi connectivity index (χ4n) is 4.19. The number of carbonyl (C=O) groups is 1. The van der Waals surface area contributed by atoms with Gasteiger partial charge in [-0.2, -0.15) is 4.31 Å². The van der Waals surface area contributed by atoms with Crippen molar-refractivity contribution in [2.24, 2.45) is 0 Å². The van der Waals surface area contributed by atoms with Crippen molar-refractivity contribution >= 4 is 21.6 Å². The first-order valence-corrected chi connectivity index (χ1v) is 11.6. The molecule has 0 unspecified atom stereocenters. The third kappa shape index (κ3) is 5.09. The highest BCUT2D eigenvalue weighted by Gasteiger charge is 2.33. The lowest BCUT2D eigenvalue weighted by atomic mass is 10.2. The molecule has 9 heteroatoms. The van der Waals surface area contributed by atoms with Gasteiger partial charge in [0.1, 0.15) is 10.6 Å². The molecule has 1 aliphatic heterocycles. The van der Waals surface area contributed by atoms with E-state index in [0.29, 0.717) is 49.1 Å². The molecule has 3 rings (SSSR count). The topological polar surface area (TPSA) is 84.9 Å². The summed E-state index contributed by atoms with van der Waals surface area (Å²) < 4.78 is 38.7. The van der Waals surface area contributed by atoms with Gasteiger partial charge in [-0.1, -0.05) is 0 Å². The Labute approximate surface area is 173 Å². The summed E-state index contributed by atoms with van der Waals surface area (Å²) in [6, 6.07) is 5.23. The third-order valence-corrected chi connectivity index (χ3v) is 7.82. The first-order valence-electron chi connectivity index (χ1n) is 10.1. The lowest BCUT2D eigenvalue weighted by Crippen LogP contribution is -2.51. The maximum absolute atomic E-state index is 13.1. The molecular weight excluding hydrogens is 394 g/mol. The van der Waals surface area contributed by atoms with Crippen LogP contribution in [0.1, 0.15) is 25.7 Å². The van der Waals surface area contributed by atoms with Crippen LogP contribution in [0.15, 0.2) is 23.1 Å². The van der Waals surface area contributed by atoms with Gasteiger partial charge >= 0.3 is 0 Å². The zero-order valence-corrected chi connectivity index (χ0v) is 18.3. The van der Waals surface area contributed by atoms with Gasteiger partial charge in [0.05, 0.1) is 40.5 Å². The van der Waals surface area contributed by atoms with E-state index in [-0.39, 0.29) is 16.6 Å². The molecule has 0 spiro atoms. The Balaban J connectivity index is 1.76. The average Bonchev–Trinajstić information content (AvgIpc) is 3.24. The number of quaternary nitrogens is 1. The first-order chi connectivity index (χ1) is 13.7. The van der Waals surface area contributed by atoms with Crippen LogP contribution < -0.4 is 10.1 Å². The predicted octanol–water partition coefficient (Wildman–Crippen LogP) is 1.67. The van der Waals surface area contributed by atoms with Crippen molar-refractivity contribution in [3.63, 3.8) is 0 Å². The second-order valence-electron chi connectivity index (χ2n) is 8.31. The van der Waals surface area contributed by atoms with E-state index in [1.54, 1.807) is 12.1 Å². The van der Waals surface area contributed by atoms with E-state index in [9.17, 15) is 13.2 Å². The van der Waals surface area contributed by atoms with Crippen LogP contribution in [0.25, 0.3) is 0 Å². The molecule has 1 amide bonds. The van der Waals surface area contributed by atoms with Crippen molar-refractivity contribution < 1.29 is 27.2 Å². The molecule has 1 aromatic rings. The second kappa shape index (κ2) is 8.99. The van der Waals surface area contributed by atoms with E-state index in [4.69, 9.17) is 9.47 Å². The van der Waals surface area contributed by atoms with Crippen LogP contribution in [-0.4, -0.2) is 83.2 Å². The molecule has 0 aromatic heterocycles. The van der Waals surface area contributed by atoms with Gasteiger partial charge in [0.15, 0.2) is 6.54 Å². The molecular formula is C20H32N3O5S+. The number of amides is 1. The van der Waals surface area contributed by atoms with E-state index < -0.39 is 10.0 Å². The summed E-state index contributed by atoms with van der Waals surface area (Å²) in [5, 5.41) is 2.87. The number of rotatable bonds is 7. The van der Waals surface area contributed by atoms with Crippen LogP contribution in [0.3, 0.4) is 0 Å². The zero-order chi connectivity index (χ0) is 21.1. The Hall–Kier alpha value is -1.68. The number of nitrogens with one attached hydrogen (secondary N) is 1. The van der Waals surface area contributed by atoms with Crippen molar-refractivity contribution in [3.05, 3.63) is 18.2 Å². The normalized spacial score (nSPS) is 19.3. The quantitative estimate of drug-likeness (QED) is 0.671. The number of likely N-dealkylation sites (N-methyl/N-ethyl adjacent to an activating group) is 1. The number of methoxy groups -OCH3 is 1. The summed E-state index contributed by atoms with van der Waals surface area (Å²) in [6.45, 7) is 1.69. The Bertz CT molecular complexity index is 829. The standard InChI is InChI=1S/C20H31N3O5S/c1-23(2,17-6-4-5-7-17)15-20(24)21-16-8-9-18(27-3)19(14-16)29(25,26)22-10-12-28-13-11-22/h8-9,14,17H,4-7,10-13,15H2,1-3H3/p+1. The molecule has 1 saturated carbocycles. The minimum absolute atomic E-state index is 0.0595. The van der Waals surface area contributed by atoms with Gasteiger partial charge in [-0.05, 0) is 43.9 Å². The van der Waals surface area contributed by atoms with Crippen molar-refractivity contribution in [2.75, 3.05) is 59.4 Å². The fourth-order valence-corrected chi connectivity index (χ4v) is 5.77. The molecule has 29 heavy (non-hydrogen) atoms. The van der Waals surface area contributed by atoms with Gasteiger partial charge < -0.3 is 19.3 Å². The molecule has 0 atom stereocenters. The largest absolute Gasteiger partial charge is 0.495 e. The summed E-state index contributed by atoms with van der Waals surface area (Å²) >= 11 is 0. The van der Waals surface area contributed by atoms with Gasteiger partial charge in [-0.15, -0.1) is 0 Å². The molecule has 1 aliphatic carbocycles. The summed E-state index contributed by atoms with van der Waals surface area (Å²) in [5.41, 5.74) is 0.453. The number of sulfonamides is 1. The van der Waals surface area contributed by atoms with Gasteiger partial charge in [0, 0.05) is 18.8 Å². The molecule has 1 saturated heterocycles. The highest BCUT2D eigenvalue weighted by atomic mass is 32.2. The molecule has 0 radical (unpaired) electrons. The van der Waals surface area contributed by atoms with E-state index in [2.05, 4.69) is 19.4 Å². The summed E-state index contributed by atoms with van der Waals surface area (Å²) in [4.78, 5) is 12.7. The number of nitrogens with zero attached hydrogens (tertiary/aromatic N) is 2. The number of hydrogen-bond acceptors (Lipinski definition) is 5. The van der Waals surface area contributed by atoms with E-state index in [1.165, 1.54) is 30.3 Å². The van der Waals surface area contributed by atoms with Crippen LogP contribution in [0.2, 0.25) is 0 Å². The number of morpholine rings is 1. The summed E-state index contributed by atoms with van der Waals surface area (Å²) in [5.74, 6) is 0.137. The number of hydrogen-bond donors (Lipinski definition) is 1. The Kier molecular flexibility index (Phi) is 6.83. The lowest BCUT2D eigenvalue weighted by molar-refractivity contribution is -0.906. The van der Waals surface area contributed by atoms with Crippen LogP contribution in [0.4, 0.5) is 5.69 Å². The maximum Gasteiger partial charge on any atom is 0.279 e. The number of anilines is 1. The fraction of sp³-hybridized carbons (Fsp3) is 0.650. The Morgan fingerprint density at radius 1 is 1.24 bits per heavy atom. The van der Waals surface area contributed by atoms with Crippen molar-refractivity contribution in [1.82, 2.24) is 4.31 Å². The summed E-state index contributed by atoms with van der Waals surface area (Å²) in [7, 11) is 1.86. The highest BCUT2D eigenvalue weighted by Crippen LogP contribution is 2.31. The van der Waals surface area contributed by atoms with Gasteiger partial charge in [0.2, 0.25) is 10.0 Å². The molecule has 162 valence electrons. The SMILES string of the molecule is COc1ccc(NC(=O)C[N+](C)(C)C2CCCC2)cc1S(=O)(=O)N1CCOCC1. The molecule has 1 N–H and O–H groups in total. The van der Waals surface area contributed by atoms with E-state index in [1.807, 2.05) is 0 Å². The maximum atomic E-state index is 13.1. The second-order valence-corrected chi connectivity index (χ2v) is 10.2. The highest BCUT2D eigenvalue weighted by molar-refractivity contribution is 7.89. The van der Waals surface area contributed by atoms with Crippen molar-refractivity contribution in [3.8, 4) is 5.75 Å². The number of benzene rings is 1. The molecule has 0 bridgehead atoms. The number of carbonyl (C=O) groups excluding carboxylic acids is 1. The molecule has 8 nitrogen and oxygen atoms in total. The van der Waals surface area contributed by atoms with E-state index in [0.717, 1.165) is 12.8 Å². The van der Waals surface area contributed by atoms with Gasteiger partial charge in [-0.25, -0.2) is 8.42 Å². The van der Waals surface area contributed by atoms with Crippen LogP contribution >= 0.6 is 0 Å². The molecule has 2 aliphatic rings. The number of ether oxygens (including phenoxy) is 2. The van der Waals surface area contributed by atoms with Crippen LogP contribution in [0, 0.1) is 0 Å². The Morgan fingerprint density at radius 3 is 2.52 bits per heavy atom. The van der Waals surface area contributed by atoms with Gasteiger partial charge in [0.25, 0.3) is 5.91 Å². The zero-order valence-electron chi connectivity index (χ0n) is 17.5. The molecule has 1 aromatic carbocycles. The smallest absolute Gasteiger partial charge is 0.279 e.